The molecule has 6 nitrogen and oxygen atoms in total. The van der Waals surface area contributed by atoms with E-state index in [2.05, 4.69) is 15.2 Å². The first-order chi connectivity index (χ1) is 14.1. The van der Waals surface area contributed by atoms with Crippen molar-refractivity contribution in [2.24, 2.45) is 0 Å². The predicted octanol–water partition coefficient (Wildman–Crippen LogP) is 4.60. The van der Waals surface area contributed by atoms with E-state index in [1.807, 2.05) is 42.0 Å². The largest absolute Gasteiger partial charge is 0.468 e. The molecule has 0 aliphatic rings. The van der Waals surface area contributed by atoms with E-state index in [-0.39, 0.29) is 11.8 Å². The van der Waals surface area contributed by atoms with Gasteiger partial charge in [0, 0.05) is 28.4 Å². The monoisotopic (exact) mass is 410 g/mol. The van der Waals surface area contributed by atoms with Crippen molar-refractivity contribution >= 4 is 28.6 Å². The van der Waals surface area contributed by atoms with E-state index in [4.69, 9.17) is 4.74 Å². The van der Waals surface area contributed by atoms with Gasteiger partial charge >= 0.3 is 5.97 Å². The highest BCUT2D eigenvalue weighted by molar-refractivity contribution is 8.00. The first kappa shape index (κ1) is 19.2. The van der Waals surface area contributed by atoms with Gasteiger partial charge in [-0.1, -0.05) is 36.9 Å². The van der Waals surface area contributed by atoms with E-state index < -0.39 is 5.25 Å². The standard InChI is InChI=1S/C21H19FN4O2S/c1-3-18(20(27)28-2)29-21-25-24-19(26(21)14-10-8-13(22)9-11-14)16-12-23-17-7-5-4-6-15(16)17/h4-12,18,23H,3H2,1-2H3/t18-/m1/s1. The summed E-state index contributed by atoms with van der Waals surface area (Å²) in [6.45, 7) is 1.91. The maximum Gasteiger partial charge on any atom is 0.319 e. The van der Waals surface area contributed by atoms with Crippen molar-refractivity contribution in [1.29, 1.82) is 0 Å². The van der Waals surface area contributed by atoms with Crippen molar-refractivity contribution in [2.45, 2.75) is 23.8 Å². The van der Waals surface area contributed by atoms with Gasteiger partial charge in [-0.3, -0.25) is 9.36 Å². The summed E-state index contributed by atoms with van der Waals surface area (Å²) in [5.74, 6) is -0.0401. The molecule has 0 bridgehead atoms. The van der Waals surface area contributed by atoms with Crippen LogP contribution in [0.25, 0.3) is 28.0 Å². The molecule has 0 saturated carbocycles. The van der Waals surface area contributed by atoms with Crippen LogP contribution in [-0.4, -0.2) is 38.1 Å². The average Bonchev–Trinajstić information content (AvgIpc) is 3.36. The maximum absolute atomic E-state index is 13.5. The first-order valence-electron chi connectivity index (χ1n) is 9.14. The molecule has 0 amide bonds. The lowest BCUT2D eigenvalue weighted by Gasteiger charge is -2.14. The Morgan fingerprint density at radius 3 is 2.69 bits per heavy atom. The number of ether oxygens (including phenoxy) is 1. The number of fused-ring (bicyclic) bond motifs is 1. The lowest BCUT2D eigenvalue weighted by molar-refractivity contribution is -0.140. The number of aromatic nitrogens is 4. The van der Waals surface area contributed by atoms with Crippen LogP contribution in [0.15, 0.2) is 59.9 Å². The molecule has 2 heterocycles. The third-order valence-corrected chi connectivity index (χ3v) is 5.92. The number of carbonyl (C=O) groups excluding carboxylic acids is 1. The summed E-state index contributed by atoms with van der Waals surface area (Å²) in [7, 11) is 1.37. The smallest absolute Gasteiger partial charge is 0.319 e. The molecule has 0 radical (unpaired) electrons. The molecule has 0 aliphatic heterocycles. The molecule has 0 spiro atoms. The summed E-state index contributed by atoms with van der Waals surface area (Å²) in [6, 6.07) is 14.0. The first-order valence-corrected chi connectivity index (χ1v) is 10.0. The van der Waals surface area contributed by atoms with Crippen molar-refractivity contribution in [3.8, 4) is 17.1 Å². The van der Waals surface area contributed by atoms with Gasteiger partial charge in [-0.15, -0.1) is 10.2 Å². The zero-order valence-corrected chi connectivity index (χ0v) is 16.7. The average molecular weight is 410 g/mol. The lowest BCUT2D eigenvalue weighted by Crippen LogP contribution is -2.18. The Morgan fingerprint density at radius 2 is 1.97 bits per heavy atom. The number of esters is 1. The van der Waals surface area contributed by atoms with Crippen LogP contribution in [0, 0.1) is 5.82 Å². The summed E-state index contributed by atoms with van der Waals surface area (Å²) in [6.07, 6.45) is 2.46. The van der Waals surface area contributed by atoms with Gasteiger partial charge in [-0.2, -0.15) is 0 Å². The minimum atomic E-state index is -0.417. The van der Waals surface area contributed by atoms with E-state index in [1.165, 1.54) is 31.0 Å². The van der Waals surface area contributed by atoms with Gasteiger partial charge in [0.1, 0.15) is 11.1 Å². The molecule has 1 N–H and O–H groups in total. The summed E-state index contributed by atoms with van der Waals surface area (Å²) in [5.41, 5.74) is 2.56. The molecule has 0 saturated heterocycles. The van der Waals surface area contributed by atoms with Crippen LogP contribution in [-0.2, 0) is 9.53 Å². The molecular weight excluding hydrogens is 391 g/mol. The lowest BCUT2D eigenvalue weighted by atomic mass is 10.1. The predicted molar refractivity (Wildman–Crippen MR) is 111 cm³/mol. The molecule has 2 aromatic carbocycles. The Balaban J connectivity index is 1.87. The number of para-hydroxylation sites is 1. The Labute approximate surface area is 171 Å². The van der Waals surface area contributed by atoms with Crippen molar-refractivity contribution in [3.05, 3.63) is 60.5 Å². The molecule has 4 aromatic rings. The molecule has 0 unspecified atom stereocenters. The second kappa shape index (κ2) is 8.08. The second-order valence-corrected chi connectivity index (χ2v) is 7.57. The number of methoxy groups -OCH3 is 1. The van der Waals surface area contributed by atoms with Gasteiger partial charge in [0.05, 0.1) is 7.11 Å². The molecule has 0 aliphatic carbocycles. The molecule has 4 rings (SSSR count). The van der Waals surface area contributed by atoms with Crippen LogP contribution in [0.1, 0.15) is 13.3 Å². The number of H-pyrrole nitrogens is 1. The third-order valence-electron chi connectivity index (χ3n) is 4.63. The third kappa shape index (κ3) is 3.63. The number of thioether (sulfide) groups is 1. The van der Waals surface area contributed by atoms with Crippen molar-refractivity contribution in [2.75, 3.05) is 7.11 Å². The summed E-state index contributed by atoms with van der Waals surface area (Å²) >= 11 is 1.28. The highest BCUT2D eigenvalue weighted by Crippen LogP contribution is 2.34. The van der Waals surface area contributed by atoms with Crippen molar-refractivity contribution in [3.63, 3.8) is 0 Å². The van der Waals surface area contributed by atoms with Gasteiger partial charge in [0.15, 0.2) is 11.0 Å². The fourth-order valence-corrected chi connectivity index (χ4v) is 4.16. The van der Waals surface area contributed by atoms with Gasteiger partial charge in [-0.25, -0.2) is 4.39 Å². The molecule has 8 heteroatoms. The van der Waals surface area contributed by atoms with Crippen LogP contribution in [0.3, 0.4) is 0 Å². The highest BCUT2D eigenvalue weighted by atomic mass is 32.2. The number of aromatic amines is 1. The van der Waals surface area contributed by atoms with Crippen LogP contribution >= 0.6 is 11.8 Å². The number of nitrogens with zero attached hydrogens (tertiary/aromatic N) is 3. The molecular formula is C21H19FN4O2S. The van der Waals surface area contributed by atoms with Crippen LogP contribution in [0.4, 0.5) is 4.39 Å². The van der Waals surface area contributed by atoms with E-state index >= 15 is 0 Å². The molecule has 1 atom stereocenters. The van der Waals surface area contributed by atoms with E-state index in [0.717, 1.165) is 16.5 Å². The number of benzene rings is 2. The summed E-state index contributed by atoms with van der Waals surface area (Å²) in [4.78, 5) is 15.3. The van der Waals surface area contributed by atoms with E-state index in [1.54, 1.807) is 12.1 Å². The number of rotatable bonds is 6. The number of hydrogen-bond donors (Lipinski definition) is 1. The molecule has 148 valence electrons. The zero-order chi connectivity index (χ0) is 20.4. The van der Waals surface area contributed by atoms with Crippen LogP contribution < -0.4 is 0 Å². The van der Waals surface area contributed by atoms with Gasteiger partial charge < -0.3 is 9.72 Å². The van der Waals surface area contributed by atoms with Crippen LogP contribution in [0.5, 0.6) is 0 Å². The zero-order valence-electron chi connectivity index (χ0n) is 15.9. The Hall–Kier alpha value is -3.13. The molecule has 2 aromatic heterocycles. The molecule has 29 heavy (non-hydrogen) atoms. The van der Waals surface area contributed by atoms with Crippen molar-refractivity contribution in [1.82, 2.24) is 19.7 Å². The normalized spacial score (nSPS) is 12.2. The topological polar surface area (TPSA) is 72.8 Å². The number of halogens is 1. The quantitative estimate of drug-likeness (QED) is 0.372. The minimum Gasteiger partial charge on any atom is -0.468 e. The number of hydrogen-bond acceptors (Lipinski definition) is 5. The maximum atomic E-state index is 13.5. The molecule has 0 fully saturated rings. The minimum absolute atomic E-state index is 0.320. The summed E-state index contributed by atoms with van der Waals surface area (Å²) in [5, 5.41) is 9.87. The van der Waals surface area contributed by atoms with Gasteiger partial charge in [-0.05, 0) is 36.8 Å². The summed E-state index contributed by atoms with van der Waals surface area (Å²) < 4.78 is 20.3. The Morgan fingerprint density at radius 1 is 1.21 bits per heavy atom. The van der Waals surface area contributed by atoms with E-state index in [0.29, 0.717) is 23.1 Å². The van der Waals surface area contributed by atoms with Gasteiger partial charge in [0.25, 0.3) is 0 Å². The Kier molecular flexibility index (Phi) is 5.35. The second-order valence-electron chi connectivity index (χ2n) is 6.40. The number of carbonyl (C=O) groups is 1. The SMILES string of the molecule is CC[C@@H](Sc1nnc(-c2c[nH]c3ccccc23)n1-c1ccc(F)cc1)C(=O)OC. The van der Waals surface area contributed by atoms with Gasteiger partial charge in [0.2, 0.25) is 0 Å². The van der Waals surface area contributed by atoms with E-state index in [9.17, 15) is 9.18 Å². The number of nitrogens with one attached hydrogen (secondary N) is 1. The highest BCUT2D eigenvalue weighted by Gasteiger charge is 2.25. The Bertz CT molecular complexity index is 1150. The fraction of sp³-hybridized carbons (Fsp3) is 0.190. The van der Waals surface area contributed by atoms with Crippen molar-refractivity contribution < 1.29 is 13.9 Å². The fourth-order valence-electron chi connectivity index (χ4n) is 3.16. The van der Waals surface area contributed by atoms with Crippen LogP contribution in [0.2, 0.25) is 0 Å².